The molecule has 130 valence electrons. The number of ether oxygens (including phenoxy) is 2. The molecular formula is C21H24N2O2. The Morgan fingerprint density at radius 3 is 2.44 bits per heavy atom. The molecule has 4 rings (SSSR count). The lowest BCUT2D eigenvalue weighted by atomic mass is 10.1. The first-order valence-electron chi connectivity index (χ1n) is 8.92. The van der Waals surface area contributed by atoms with Crippen molar-refractivity contribution in [1.82, 2.24) is 9.80 Å². The van der Waals surface area contributed by atoms with Crippen LogP contribution in [0.15, 0.2) is 54.6 Å². The fourth-order valence-corrected chi connectivity index (χ4v) is 3.33. The van der Waals surface area contributed by atoms with E-state index >= 15 is 0 Å². The molecule has 0 N–H and O–H groups in total. The molecule has 2 aliphatic rings. The van der Waals surface area contributed by atoms with Crippen LogP contribution in [-0.4, -0.2) is 49.3 Å². The largest absolute Gasteiger partial charge is 0.454 e. The van der Waals surface area contributed by atoms with E-state index in [1.165, 1.54) is 11.1 Å². The van der Waals surface area contributed by atoms with E-state index in [0.717, 1.165) is 50.8 Å². The van der Waals surface area contributed by atoms with Crippen molar-refractivity contribution in [2.75, 3.05) is 39.5 Å². The SMILES string of the molecule is C(=C\c1ccccc1)/CN1CCN(Cc2ccc3c(c2)OCO3)CC1. The summed E-state index contributed by atoms with van der Waals surface area (Å²) in [6.07, 6.45) is 4.47. The minimum atomic E-state index is 0.341. The third-order valence-electron chi connectivity index (χ3n) is 4.78. The molecule has 4 nitrogen and oxygen atoms in total. The summed E-state index contributed by atoms with van der Waals surface area (Å²) < 4.78 is 10.8. The van der Waals surface area contributed by atoms with E-state index in [2.05, 4.69) is 64.4 Å². The van der Waals surface area contributed by atoms with E-state index < -0.39 is 0 Å². The Labute approximate surface area is 149 Å². The van der Waals surface area contributed by atoms with Gasteiger partial charge in [-0.05, 0) is 23.3 Å². The highest BCUT2D eigenvalue weighted by Gasteiger charge is 2.18. The van der Waals surface area contributed by atoms with Gasteiger partial charge in [0.25, 0.3) is 0 Å². The summed E-state index contributed by atoms with van der Waals surface area (Å²) in [7, 11) is 0. The van der Waals surface area contributed by atoms with Crippen LogP contribution in [0, 0.1) is 0 Å². The first kappa shape index (κ1) is 16.2. The van der Waals surface area contributed by atoms with Gasteiger partial charge in [-0.2, -0.15) is 0 Å². The molecule has 0 atom stereocenters. The molecule has 2 aromatic carbocycles. The van der Waals surface area contributed by atoms with Gasteiger partial charge in [0.05, 0.1) is 0 Å². The van der Waals surface area contributed by atoms with Crippen molar-refractivity contribution >= 4 is 6.08 Å². The summed E-state index contributed by atoms with van der Waals surface area (Å²) in [4.78, 5) is 5.02. The van der Waals surface area contributed by atoms with Crippen LogP contribution in [0.25, 0.3) is 6.08 Å². The monoisotopic (exact) mass is 336 g/mol. The van der Waals surface area contributed by atoms with Gasteiger partial charge in [0, 0.05) is 39.3 Å². The first-order chi connectivity index (χ1) is 12.4. The van der Waals surface area contributed by atoms with Crippen molar-refractivity contribution < 1.29 is 9.47 Å². The van der Waals surface area contributed by atoms with E-state index in [0.29, 0.717) is 6.79 Å². The molecular weight excluding hydrogens is 312 g/mol. The molecule has 25 heavy (non-hydrogen) atoms. The lowest BCUT2D eigenvalue weighted by Crippen LogP contribution is -2.45. The average Bonchev–Trinajstić information content (AvgIpc) is 3.12. The summed E-state index contributed by atoms with van der Waals surface area (Å²) in [5, 5.41) is 0. The van der Waals surface area contributed by atoms with Crippen molar-refractivity contribution in [1.29, 1.82) is 0 Å². The molecule has 0 unspecified atom stereocenters. The van der Waals surface area contributed by atoms with Crippen LogP contribution in [-0.2, 0) is 6.54 Å². The molecule has 0 spiro atoms. The van der Waals surface area contributed by atoms with Crippen molar-refractivity contribution in [3.05, 3.63) is 65.7 Å². The van der Waals surface area contributed by atoms with Crippen LogP contribution in [0.4, 0.5) is 0 Å². The molecule has 0 aliphatic carbocycles. The topological polar surface area (TPSA) is 24.9 Å². The van der Waals surface area contributed by atoms with Crippen molar-refractivity contribution in [2.45, 2.75) is 6.54 Å². The zero-order valence-corrected chi connectivity index (χ0v) is 14.4. The second-order valence-electron chi connectivity index (χ2n) is 6.58. The van der Waals surface area contributed by atoms with Gasteiger partial charge < -0.3 is 9.47 Å². The third-order valence-corrected chi connectivity index (χ3v) is 4.78. The molecule has 0 bridgehead atoms. The predicted molar refractivity (Wildman–Crippen MR) is 99.8 cm³/mol. The minimum Gasteiger partial charge on any atom is -0.454 e. The molecule has 2 aliphatic heterocycles. The van der Waals surface area contributed by atoms with E-state index in [4.69, 9.17) is 9.47 Å². The predicted octanol–water partition coefficient (Wildman–Crippen LogP) is 3.25. The highest BCUT2D eigenvalue weighted by atomic mass is 16.7. The summed E-state index contributed by atoms with van der Waals surface area (Å²) in [6, 6.07) is 16.8. The normalized spacial score (nSPS) is 18.1. The maximum atomic E-state index is 5.47. The third kappa shape index (κ3) is 4.21. The van der Waals surface area contributed by atoms with Gasteiger partial charge in [0.1, 0.15) is 0 Å². The summed E-state index contributed by atoms with van der Waals surface area (Å²) in [6.45, 7) is 6.78. The lowest BCUT2D eigenvalue weighted by Gasteiger charge is -2.34. The number of fused-ring (bicyclic) bond motifs is 1. The second kappa shape index (κ2) is 7.72. The maximum Gasteiger partial charge on any atom is 0.231 e. The average molecular weight is 336 g/mol. The molecule has 0 amide bonds. The minimum absolute atomic E-state index is 0.341. The van der Waals surface area contributed by atoms with Crippen LogP contribution >= 0.6 is 0 Å². The number of hydrogen-bond donors (Lipinski definition) is 0. The lowest BCUT2D eigenvalue weighted by molar-refractivity contribution is 0.137. The van der Waals surface area contributed by atoms with E-state index in [9.17, 15) is 0 Å². The summed E-state index contributed by atoms with van der Waals surface area (Å²) in [5.41, 5.74) is 2.56. The fraction of sp³-hybridized carbons (Fsp3) is 0.333. The van der Waals surface area contributed by atoms with Crippen molar-refractivity contribution in [2.24, 2.45) is 0 Å². The van der Waals surface area contributed by atoms with Gasteiger partial charge in [-0.25, -0.2) is 0 Å². The van der Waals surface area contributed by atoms with Crippen molar-refractivity contribution in [3.63, 3.8) is 0 Å². The van der Waals surface area contributed by atoms with Crippen LogP contribution in [0.5, 0.6) is 11.5 Å². The molecule has 0 saturated carbocycles. The van der Waals surface area contributed by atoms with Crippen molar-refractivity contribution in [3.8, 4) is 11.5 Å². The Morgan fingerprint density at radius 1 is 0.840 bits per heavy atom. The Kier molecular flexibility index (Phi) is 5.00. The van der Waals surface area contributed by atoms with Gasteiger partial charge in [-0.15, -0.1) is 0 Å². The summed E-state index contributed by atoms with van der Waals surface area (Å²) >= 11 is 0. The smallest absolute Gasteiger partial charge is 0.231 e. The molecule has 1 saturated heterocycles. The van der Waals surface area contributed by atoms with E-state index in [1.54, 1.807) is 0 Å². The molecule has 2 aromatic rings. The van der Waals surface area contributed by atoms with Gasteiger partial charge >= 0.3 is 0 Å². The number of benzene rings is 2. The highest BCUT2D eigenvalue weighted by molar-refractivity contribution is 5.48. The van der Waals surface area contributed by atoms with E-state index in [1.807, 2.05) is 6.07 Å². The molecule has 1 fully saturated rings. The maximum absolute atomic E-state index is 5.47. The quantitative estimate of drug-likeness (QED) is 0.837. The molecule has 0 radical (unpaired) electrons. The fourth-order valence-electron chi connectivity index (χ4n) is 3.33. The van der Waals surface area contributed by atoms with Gasteiger partial charge in [0.15, 0.2) is 11.5 Å². The van der Waals surface area contributed by atoms with Gasteiger partial charge in [-0.1, -0.05) is 48.6 Å². The molecule has 4 heteroatoms. The van der Waals surface area contributed by atoms with Gasteiger partial charge in [0.2, 0.25) is 6.79 Å². The summed E-state index contributed by atoms with van der Waals surface area (Å²) in [5.74, 6) is 1.74. The van der Waals surface area contributed by atoms with E-state index in [-0.39, 0.29) is 0 Å². The van der Waals surface area contributed by atoms with Crippen LogP contribution in [0.1, 0.15) is 11.1 Å². The Bertz CT molecular complexity index is 722. The van der Waals surface area contributed by atoms with Crippen LogP contribution in [0.2, 0.25) is 0 Å². The molecule has 0 aromatic heterocycles. The number of rotatable bonds is 5. The number of piperazine rings is 1. The second-order valence-corrected chi connectivity index (χ2v) is 6.58. The first-order valence-corrected chi connectivity index (χ1v) is 8.92. The number of hydrogen-bond acceptors (Lipinski definition) is 4. The zero-order chi connectivity index (χ0) is 16.9. The zero-order valence-electron chi connectivity index (χ0n) is 14.4. The van der Waals surface area contributed by atoms with Crippen LogP contribution in [0.3, 0.4) is 0 Å². The number of nitrogens with zero attached hydrogens (tertiary/aromatic N) is 2. The van der Waals surface area contributed by atoms with Crippen LogP contribution < -0.4 is 9.47 Å². The Balaban J connectivity index is 1.24. The van der Waals surface area contributed by atoms with Gasteiger partial charge in [-0.3, -0.25) is 9.80 Å². The Morgan fingerprint density at radius 2 is 1.60 bits per heavy atom. The molecule has 2 heterocycles. The Hall–Kier alpha value is -2.30. The standard InChI is InChI=1S/C21H24N2O2/c1-2-5-18(6-3-1)7-4-10-22-11-13-23(14-12-22)16-19-8-9-20-21(15-19)25-17-24-20/h1-9,15H,10-14,16-17H2/b7-4+. The highest BCUT2D eigenvalue weighted by Crippen LogP contribution is 2.32.